The molecule has 0 amide bonds. The molecule has 27 heavy (non-hydrogen) atoms. The number of imidazole rings is 1. The first-order chi connectivity index (χ1) is 13.3. The molecule has 3 heterocycles. The first-order valence-electron chi connectivity index (χ1n) is 9.75. The van der Waals surface area contributed by atoms with Crippen LogP contribution in [0.4, 0.5) is 4.39 Å². The molecular weight excluding hydrogens is 339 g/mol. The van der Waals surface area contributed by atoms with Crippen LogP contribution in [0.1, 0.15) is 38.8 Å². The zero-order valence-electron chi connectivity index (χ0n) is 15.7. The van der Waals surface area contributed by atoms with E-state index in [0.717, 1.165) is 42.0 Å². The van der Waals surface area contributed by atoms with Crippen molar-refractivity contribution in [3.05, 3.63) is 60.9 Å². The monoisotopic (exact) mass is 364 g/mol. The number of hydrogen-bond acceptors (Lipinski definition) is 3. The lowest BCUT2D eigenvalue weighted by Crippen LogP contribution is -2.36. The van der Waals surface area contributed by atoms with E-state index < -0.39 is 0 Å². The first kappa shape index (κ1) is 17.9. The minimum absolute atomic E-state index is 0.224. The van der Waals surface area contributed by atoms with Gasteiger partial charge in [0.05, 0.1) is 23.9 Å². The molecule has 1 aromatic carbocycles. The fourth-order valence-corrected chi connectivity index (χ4v) is 4.05. The van der Waals surface area contributed by atoms with Crippen molar-refractivity contribution in [2.75, 3.05) is 13.1 Å². The molecule has 0 spiro atoms. The summed E-state index contributed by atoms with van der Waals surface area (Å²) in [4.78, 5) is 11.4. The fourth-order valence-electron chi connectivity index (χ4n) is 4.05. The van der Waals surface area contributed by atoms with Gasteiger partial charge >= 0.3 is 0 Å². The van der Waals surface area contributed by atoms with Crippen molar-refractivity contribution < 1.29 is 4.39 Å². The molecule has 3 aromatic rings. The molecule has 0 aliphatic carbocycles. The van der Waals surface area contributed by atoms with Gasteiger partial charge in [0, 0.05) is 36.6 Å². The van der Waals surface area contributed by atoms with Gasteiger partial charge in [-0.2, -0.15) is 0 Å². The van der Waals surface area contributed by atoms with Gasteiger partial charge in [0.2, 0.25) is 0 Å². The SMILES string of the molecule is CCC(N1CCCCC1)n1cnc(-c2ccncc2)c1-c1ccc(F)cc1. The van der Waals surface area contributed by atoms with Gasteiger partial charge in [0.25, 0.3) is 0 Å². The molecule has 1 unspecified atom stereocenters. The highest BCUT2D eigenvalue weighted by molar-refractivity contribution is 5.78. The van der Waals surface area contributed by atoms with E-state index in [-0.39, 0.29) is 12.0 Å². The molecule has 0 bridgehead atoms. The average molecular weight is 364 g/mol. The van der Waals surface area contributed by atoms with Crippen LogP contribution in [-0.2, 0) is 0 Å². The minimum Gasteiger partial charge on any atom is -0.314 e. The van der Waals surface area contributed by atoms with E-state index in [0.29, 0.717) is 0 Å². The van der Waals surface area contributed by atoms with Crippen molar-refractivity contribution in [2.45, 2.75) is 38.8 Å². The Morgan fingerprint density at radius 2 is 1.67 bits per heavy atom. The number of benzene rings is 1. The molecule has 4 nitrogen and oxygen atoms in total. The Morgan fingerprint density at radius 1 is 0.963 bits per heavy atom. The zero-order valence-corrected chi connectivity index (χ0v) is 15.7. The van der Waals surface area contributed by atoms with E-state index in [1.54, 1.807) is 12.4 Å². The van der Waals surface area contributed by atoms with Crippen molar-refractivity contribution >= 4 is 0 Å². The lowest BCUT2D eigenvalue weighted by molar-refractivity contribution is 0.110. The number of likely N-dealkylation sites (tertiary alicyclic amines) is 1. The van der Waals surface area contributed by atoms with Crippen molar-refractivity contribution in [1.82, 2.24) is 19.4 Å². The van der Waals surface area contributed by atoms with Crippen molar-refractivity contribution in [2.24, 2.45) is 0 Å². The maximum atomic E-state index is 13.5. The molecule has 0 radical (unpaired) electrons. The smallest absolute Gasteiger partial charge is 0.123 e. The van der Waals surface area contributed by atoms with Crippen molar-refractivity contribution in [3.63, 3.8) is 0 Å². The van der Waals surface area contributed by atoms with Crippen LogP contribution in [-0.4, -0.2) is 32.5 Å². The summed E-state index contributed by atoms with van der Waals surface area (Å²) in [6.45, 7) is 4.45. The minimum atomic E-state index is -0.224. The van der Waals surface area contributed by atoms with Crippen molar-refractivity contribution in [3.8, 4) is 22.5 Å². The molecule has 1 saturated heterocycles. The third-order valence-corrected chi connectivity index (χ3v) is 5.36. The molecule has 140 valence electrons. The molecule has 1 fully saturated rings. The molecule has 1 atom stereocenters. The van der Waals surface area contributed by atoms with Gasteiger partial charge in [0.15, 0.2) is 0 Å². The van der Waals surface area contributed by atoms with Gasteiger partial charge in [-0.1, -0.05) is 13.3 Å². The number of halogens is 1. The molecule has 4 rings (SSSR count). The van der Waals surface area contributed by atoms with Crippen LogP contribution >= 0.6 is 0 Å². The van der Waals surface area contributed by atoms with E-state index in [2.05, 4.69) is 21.4 Å². The third kappa shape index (κ3) is 3.65. The molecule has 0 saturated carbocycles. The summed E-state index contributed by atoms with van der Waals surface area (Å²) in [6.07, 6.45) is 10.6. The Labute approximate surface area is 159 Å². The van der Waals surface area contributed by atoms with Gasteiger partial charge in [0.1, 0.15) is 5.82 Å². The summed E-state index contributed by atoms with van der Waals surface area (Å²) in [5.41, 5.74) is 3.96. The van der Waals surface area contributed by atoms with E-state index in [9.17, 15) is 4.39 Å². The topological polar surface area (TPSA) is 34.0 Å². The van der Waals surface area contributed by atoms with Crippen LogP contribution in [0.15, 0.2) is 55.1 Å². The Hall–Kier alpha value is -2.53. The van der Waals surface area contributed by atoms with E-state index >= 15 is 0 Å². The standard InChI is InChI=1S/C22H25FN4/c1-2-20(26-14-4-3-5-15-26)27-16-25-21(17-10-12-24-13-11-17)22(27)18-6-8-19(23)9-7-18/h6-13,16,20H,2-5,14-15H2,1H3. The second kappa shape index (κ2) is 8.01. The molecule has 5 heteroatoms. The van der Waals surface area contributed by atoms with Crippen LogP contribution in [0.2, 0.25) is 0 Å². The van der Waals surface area contributed by atoms with Gasteiger partial charge < -0.3 is 4.57 Å². The number of pyridine rings is 1. The van der Waals surface area contributed by atoms with Gasteiger partial charge in [-0.15, -0.1) is 0 Å². The summed E-state index contributed by atoms with van der Waals surface area (Å²) in [7, 11) is 0. The number of rotatable bonds is 5. The van der Waals surface area contributed by atoms with Crippen LogP contribution in [0.5, 0.6) is 0 Å². The van der Waals surface area contributed by atoms with Crippen LogP contribution in [0.3, 0.4) is 0 Å². The molecule has 1 aliphatic rings. The van der Waals surface area contributed by atoms with Crippen molar-refractivity contribution in [1.29, 1.82) is 0 Å². The maximum absolute atomic E-state index is 13.5. The van der Waals surface area contributed by atoms with Gasteiger partial charge in [-0.25, -0.2) is 9.37 Å². The summed E-state index contributed by atoms with van der Waals surface area (Å²) in [6, 6.07) is 10.7. The summed E-state index contributed by atoms with van der Waals surface area (Å²) in [5.74, 6) is -0.224. The highest BCUT2D eigenvalue weighted by Gasteiger charge is 2.25. The van der Waals surface area contributed by atoms with E-state index in [4.69, 9.17) is 4.98 Å². The quantitative estimate of drug-likeness (QED) is 0.628. The number of hydrogen-bond donors (Lipinski definition) is 0. The van der Waals surface area contributed by atoms with Crippen LogP contribution in [0, 0.1) is 5.82 Å². The Morgan fingerprint density at radius 3 is 2.33 bits per heavy atom. The highest BCUT2D eigenvalue weighted by atomic mass is 19.1. The third-order valence-electron chi connectivity index (χ3n) is 5.36. The zero-order chi connectivity index (χ0) is 18.6. The summed E-state index contributed by atoms with van der Waals surface area (Å²) < 4.78 is 15.8. The fraction of sp³-hybridized carbons (Fsp3) is 0.364. The molecular formula is C22H25FN4. The lowest BCUT2D eigenvalue weighted by atomic mass is 10.0. The first-order valence-corrected chi connectivity index (χ1v) is 9.75. The Kier molecular flexibility index (Phi) is 5.30. The highest BCUT2D eigenvalue weighted by Crippen LogP contribution is 2.35. The average Bonchev–Trinajstić information content (AvgIpc) is 3.15. The molecule has 2 aromatic heterocycles. The maximum Gasteiger partial charge on any atom is 0.123 e. The predicted octanol–water partition coefficient (Wildman–Crippen LogP) is 5.15. The predicted molar refractivity (Wildman–Crippen MR) is 106 cm³/mol. The summed E-state index contributed by atoms with van der Waals surface area (Å²) >= 11 is 0. The summed E-state index contributed by atoms with van der Waals surface area (Å²) in [5, 5.41) is 0. The van der Waals surface area contributed by atoms with E-state index in [1.807, 2.05) is 30.6 Å². The number of piperidine rings is 1. The Balaban J connectivity index is 1.83. The van der Waals surface area contributed by atoms with Crippen LogP contribution in [0.25, 0.3) is 22.5 Å². The number of nitrogens with zero attached hydrogens (tertiary/aromatic N) is 4. The van der Waals surface area contributed by atoms with E-state index in [1.165, 1.54) is 31.4 Å². The van der Waals surface area contributed by atoms with Crippen LogP contribution < -0.4 is 0 Å². The normalized spacial score (nSPS) is 16.4. The lowest BCUT2D eigenvalue weighted by Gasteiger charge is -2.35. The van der Waals surface area contributed by atoms with Gasteiger partial charge in [-0.05, 0) is 55.7 Å². The second-order valence-electron chi connectivity index (χ2n) is 7.08. The van der Waals surface area contributed by atoms with Gasteiger partial charge in [-0.3, -0.25) is 9.88 Å². The largest absolute Gasteiger partial charge is 0.314 e. The molecule has 0 N–H and O–H groups in total. The second-order valence-corrected chi connectivity index (χ2v) is 7.08. The molecule has 1 aliphatic heterocycles. The number of aromatic nitrogens is 3. The Bertz CT molecular complexity index is 867.